The first kappa shape index (κ1) is 36.1. The molecule has 0 heterocycles. The lowest BCUT2D eigenvalue weighted by Crippen LogP contribution is -2.73. The topological polar surface area (TPSA) is 3.24 Å². The van der Waals surface area contributed by atoms with Gasteiger partial charge in [-0.25, -0.2) is 0 Å². The lowest BCUT2D eigenvalue weighted by Gasteiger charge is -2.76. The molecule has 7 aliphatic rings. The van der Waals surface area contributed by atoms with Crippen LogP contribution < -0.4 is 4.90 Å². The van der Waals surface area contributed by atoms with Gasteiger partial charge in [-0.3, -0.25) is 0 Å². The Hall–Kier alpha value is -7.22. The highest BCUT2D eigenvalue weighted by Gasteiger charge is 2.84. The average molecular weight is 842 g/mol. The molecule has 66 heavy (non-hydrogen) atoms. The van der Waals surface area contributed by atoms with Gasteiger partial charge in [-0.15, -0.1) is 0 Å². The van der Waals surface area contributed by atoms with Gasteiger partial charge < -0.3 is 4.90 Å². The van der Waals surface area contributed by atoms with Crippen LogP contribution in [-0.4, -0.2) is 0 Å². The van der Waals surface area contributed by atoms with Crippen LogP contribution in [0.3, 0.4) is 0 Å². The van der Waals surface area contributed by atoms with E-state index < -0.39 is 5.41 Å². The Morgan fingerprint density at radius 1 is 0.364 bits per heavy atom. The summed E-state index contributed by atoms with van der Waals surface area (Å²) in [5.74, 6) is 3.32. The Bertz CT molecular complexity index is 3480. The molecule has 2 bridgehead atoms. The third kappa shape index (κ3) is 4.05. The Morgan fingerprint density at radius 3 is 1.55 bits per heavy atom. The van der Waals surface area contributed by atoms with Crippen LogP contribution in [-0.2, 0) is 10.8 Å². The highest BCUT2D eigenvalue weighted by molar-refractivity contribution is 6.03. The van der Waals surface area contributed by atoms with Crippen molar-refractivity contribution in [2.45, 2.75) is 36.5 Å². The zero-order valence-corrected chi connectivity index (χ0v) is 36.8. The fourth-order valence-corrected chi connectivity index (χ4v) is 16.7. The Kier molecular flexibility index (Phi) is 6.86. The standard InChI is InChI=1S/C65H47N/c1-3-17-41(18-4-1)45-25-15-31-57(61(45)42-19-5-2-6-20-42)66(58-32-16-30-55-62(58)50-24-10-14-29-54(50)65(55)59-36-40-35-43-37-60(65)63(43,59)39-40)44-33-34-49-48-23-9-13-28-53(48)64(56(49)38-44)51-26-11-7-21-46(51)47-22-8-12-27-52(47)64/h1-34,38,40,43,59-60H,35-37,39H2. The zero-order chi connectivity index (χ0) is 42.9. The second-order valence-electron chi connectivity index (χ2n) is 20.7. The molecule has 4 saturated carbocycles. The van der Waals surface area contributed by atoms with Crippen molar-refractivity contribution < 1.29 is 0 Å². The van der Waals surface area contributed by atoms with Gasteiger partial charge in [-0.1, -0.05) is 188 Å². The maximum Gasteiger partial charge on any atom is 0.0726 e. The molecule has 9 aromatic carbocycles. The summed E-state index contributed by atoms with van der Waals surface area (Å²) >= 11 is 0. The molecular formula is C65H47N. The molecule has 16 rings (SSSR count). The molecule has 0 aliphatic heterocycles. The molecule has 7 aliphatic carbocycles. The first-order valence-electron chi connectivity index (χ1n) is 24.4. The van der Waals surface area contributed by atoms with Gasteiger partial charge in [0, 0.05) is 22.2 Å². The van der Waals surface area contributed by atoms with E-state index in [1.165, 1.54) is 121 Å². The van der Waals surface area contributed by atoms with E-state index in [-0.39, 0.29) is 5.41 Å². The normalized spacial score (nSPS) is 25.0. The molecule has 312 valence electrons. The van der Waals surface area contributed by atoms with E-state index in [1.54, 1.807) is 11.1 Å². The van der Waals surface area contributed by atoms with Crippen LogP contribution in [0.1, 0.15) is 59.1 Å². The fraction of sp³-hybridized carbons (Fsp3) is 0.169. The minimum absolute atomic E-state index is 0.0916. The van der Waals surface area contributed by atoms with E-state index in [1.807, 2.05) is 0 Å². The number of fused-ring (bicyclic) bond motifs is 18. The number of hydrogen-bond donors (Lipinski definition) is 0. The summed E-state index contributed by atoms with van der Waals surface area (Å²) in [5.41, 5.74) is 25.6. The van der Waals surface area contributed by atoms with Crippen LogP contribution >= 0.6 is 0 Å². The highest BCUT2D eigenvalue weighted by Crippen LogP contribution is 2.90. The van der Waals surface area contributed by atoms with Gasteiger partial charge in [0.25, 0.3) is 0 Å². The number of anilines is 3. The largest absolute Gasteiger partial charge is 0.309 e. The van der Waals surface area contributed by atoms with Crippen LogP contribution in [0.5, 0.6) is 0 Å². The number of nitrogens with zero attached hydrogens (tertiary/aromatic N) is 1. The van der Waals surface area contributed by atoms with Gasteiger partial charge in [0.1, 0.15) is 0 Å². The van der Waals surface area contributed by atoms with Crippen LogP contribution in [0, 0.1) is 29.1 Å². The Balaban J connectivity index is 1.01. The molecule has 0 saturated heterocycles. The predicted molar refractivity (Wildman–Crippen MR) is 269 cm³/mol. The highest BCUT2D eigenvalue weighted by atomic mass is 15.2. The molecule has 6 unspecified atom stereocenters. The summed E-state index contributed by atoms with van der Waals surface area (Å²) in [6.07, 6.45) is 5.73. The predicted octanol–water partition coefficient (Wildman–Crippen LogP) is 16.2. The zero-order valence-electron chi connectivity index (χ0n) is 36.8. The first-order valence-corrected chi connectivity index (χ1v) is 24.4. The van der Waals surface area contributed by atoms with Gasteiger partial charge in [0.15, 0.2) is 0 Å². The maximum atomic E-state index is 2.69. The van der Waals surface area contributed by atoms with Gasteiger partial charge in [0.2, 0.25) is 0 Å². The quantitative estimate of drug-likeness (QED) is 0.167. The maximum absolute atomic E-state index is 2.69. The lowest BCUT2D eigenvalue weighted by atomic mass is 9.27. The van der Waals surface area contributed by atoms with Crippen molar-refractivity contribution in [3.05, 3.63) is 246 Å². The van der Waals surface area contributed by atoms with Gasteiger partial charge in [-0.05, 0) is 157 Å². The molecular weight excluding hydrogens is 795 g/mol. The van der Waals surface area contributed by atoms with Gasteiger partial charge >= 0.3 is 0 Å². The smallest absolute Gasteiger partial charge is 0.0726 e. The van der Waals surface area contributed by atoms with Crippen LogP contribution in [0.25, 0.3) is 55.6 Å². The first-order chi connectivity index (χ1) is 32.7. The van der Waals surface area contributed by atoms with Crippen LogP contribution in [0.4, 0.5) is 17.1 Å². The minimum atomic E-state index is -0.451. The van der Waals surface area contributed by atoms with Crippen molar-refractivity contribution in [1.82, 2.24) is 0 Å². The van der Waals surface area contributed by atoms with E-state index in [4.69, 9.17) is 0 Å². The van der Waals surface area contributed by atoms with Crippen LogP contribution in [0.2, 0.25) is 0 Å². The fourth-order valence-electron chi connectivity index (χ4n) is 16.7. The molecule has 6 atom stereocenters. The Morgan fingerprint density at radius 2 is 0.879 bits per heavy atom. The van der Waals surface area contributed by atoms with Crippen molar-refractivity contribution >= 4 is 17.1 Å². The van der Waals surface area contributed by atoms with Crippen LogP contribution in [0.15, 0.2) is 212 Å². The van der Waals surface area contributed by atoms with Crippen molar-refractivity contribution in [1.29, 1.82) is 0 Å². The van der Waals surface area contributed by atoms with Crippen molar-refractivity contribution in [3.63, 3.8) is 0 Å². The van der Waals surface area contributed by atoms with E-state index in [0.29, 0.717) is 5.41 Å². The second-order valence-corrected chi connectivity index (χ2v) is 20.7. The summed E-state index contributed by atoms with van der Waals surface area (Å²) in [5, 5.41) is 0. The molecule has 0 aromatic heterocycles. The molecule has 1 nitrogen and oxygen atoms in total. The molecule has 0 amide bonds. The Labute approximate surface area is 387 Å². The average Bonchev–Trinajstić information content (AvgIpc) is 4.15. The van der Waals surface area contributed by atoms with Crippen molar-refractivity contribution in [3.8, 4) is 55.6 Å². The summed E-state index contributed by atoms with van der Waals surface area (Å²) < 4.78 is 0. The van der Waals surface area contributed by atoms with E-state index in [9.17, 15) is 0 Å². The summed E-state index contributed by atoms with van der Waals surface area (Å²) in [7, 11) is 0. The minimum Gasteiger partial charge on any atom is -0.309 e. The molecule has 3 spiro atoms. The van der Waals surface area contributed by atoms with Crippen molar-refractivity contribution in [2.75, 3.05) is 4.90 Å². The number of rotatable bonds is 5. The molecule has 1 heteroatoms. The number of benzene rings is 9. The summed E-state index contributed by atoms with van der Waals surface area (Å²) in [4.78, 5) is 2.69. The molecule has 0 N–H and O–H groups in total. The number of hydrogen-bond acceptors (Lipinski definition) is 1. The van der Waals surface area contributed by atoms with Gasteiger partial charge in [-0.2, -0.15) is 0 Å². The summed E-state index contributed by atoms with van der Waals surface area (Å²) in [6.45, 7) is 0. The van der Waals surface area contributed by atoms with E-state index in [2.05, 4.69) is 217 Å². The molecule has 0 radical (unpaired) electrons. The van der Waals surface area contributed by atoms with Crippen molar-refractivity contribution in [2.24, 2.45) is 29.1 Å². The second kappa shape index (κ2) is 12.6. The SMILES string of the molecule is c1ccc(-c2cccc(N(c3ccc4c(c3)C3(c5ccccc5-c5ccccc53)c3ccccc3-4)c3cccc4c3-c3ccccc3C43C4CC5CC6CC3C64C5)c2-c2ccccc2)cc1. The summed E-state index contributed by atoms with van der Waals surface area (Å²) in [6, 6.07) is 81.4. The molecule has 9 aromatic rings. The third-order valence-corrected chi connectivity index (χ3v) is 18.5. The third-order valence-electron chi connectivity index (χ3n) is 18.5. The lowest BCUT2D eigenvalue weighted by molar-refractivity contribution is -0.231. The monoisotopic (exact) mass is 841 g/mol. The van der Waals surface area contributed by atoms with Gasteiger partial charge in [0.05, 0.1) is 16.8 Å². The molecule has 4 fully saturated rings. The van der Waals surface area contributed by atoms with E-state index in [0.717, 1.165) is 23.7 Å². The van der Waals surface area contributed by atoms with E-state index >= 15 is 0 Å².